The van der Waals surface area contributed by atoms with E-state index in [0.717, 1.165) is 15.7 Å². The maximum absolute atomic E-state index is 12.2. The summed E-state index contributed by atoms with van der Waals surface area (Å²) in [5.41, 5.74) is 1.61. The average Bonchev–Trinajstić information content (AvgIpc) is 3.05. The van der Waals surface area contributed by atoms with E-state index in [1.54, 1.807) is 24.3 Å². The van der Waals surface area contributed by atoms with Crippen molar-refractivity contribution in [2.75, 3.05) is 11.1 Å². The van der Waals surface area contributed by atoms with Crippen molar-refractivity contribution in [2.24, 2.45) is 0 Å². The van der Waals surface area contributed by atoms with Crippen molar-refractivity contribution in [3.8, 4) is 17.1 Å². The molecule has 1 amide bonds. The van der Waals surface area contributed by atoms with Gasteiger partial charge in [0.2, 0.25) is 5.91 Å². The molecule has 2 N–H and O–H groups in total. The smallest absolute Gasteiger partial charge is 0.234 e. The first kappa shape index (κ1) is 18.5. The van der Waals surface area contributed by atoms with Gasteiger partial charge < -0.3 is 15.0 Å². The van der Waals surface area contributed by atoms with Crippen molar-refractivity contribution < 1.29 is 9.90 Å². The Balaban J connectivity index is 1.67. The summed E-state index contributed by atoms with van der Waals surface area (Å²) < 4.78 is 2.91. The van der Waals surface area contributed by atoms with E-state index in [4.69, 9.17) is 0 Å². The summed E-state index contributed by atoms with van der Waals surface area (Å²) in [7, 11) is 0. The molecule has 1 heterocycles. The number of thioether (sulfide) groups is 1. The van der Waals surface area contributed by atoms with Crippen LogP contribution in [0.5, 0.6) is 5.75 Å². The van der Waals surface area contributed by atoms with Crippen LogP contribution in [0.1, 0.15) is 6.92 Å². The largest absolute Gasteiger partial charge is 0.508 e. The SMILES string of the molecule is CCn1c(SCC(=O)Nc2ccc(Br)cc2)nnc1-c1ccc(O)cc1. The normalized spacial score (nSPS) is 10.7. The predicted octanol–water partition coefficient (Wildman–Crippen LogP) is 4.16. The third-order valence-corrected chi connectivity index (χ3v) is 5.11. The van der Waals surface area contributed by atoms with E-state index in [1.165, 1.54) is 11.8 Å². The third kappa shape index (κ3) is 4.44. The molecule has 0 atom stereocenters. The standard InChI is InChI=1S/C18H17BrN4O2S/c1-2-23-17(12-3-9-15(24)10-4-12)21-22-18(23)26-11-16(25)20-14-7-5-13(19)6-8-14/h3-10,24H,2,11H2,1H3,(H,20,25). The fourth-order valence-electron chi connectivity index (χ4n) is 2.36. The van der Waals surface area contributed by atoms with Crippen molar-refractivity contribution >= 4 is 39.3 Å². The van der Waals surface area contributed by atoms with Crippen molar-refractivity contribution in [3.63, 3.8) is 0 Å². The first-order valence-corrected chi connectivity index (χ1v) is 9.75. The van der Waals surface area contributed by atoms with Crippen LogP contribution < -0.4 is 5.32 Å². The number of phenols is 1. The maximum Gasteiger partial charge on any atom is 0.234 e. The van der Waals surface area contributed by atoms with Gasteiger partial charge in [-0.05, 0) is 55.5 Å². The number of amides is 1. The Morgan fingerprint density at radius 3 is 2.50 bits per heavy atom. The minimum Gasteiger partial charge on any atom is -0.508 e. The number of hydrogen-bond acceptors (Lipinski definition) is 5. The van der Waals surface area contributed by atoms with Crippen molar-refractivity contribution in [2.45, 2.75) is 18.6 Å². The molecule has 8 heteroatoms. The maximum atomic E-state index is 12.2. The van der Waals surface area contributed by atoms with E-state index in [1.807, 2.05) is 35.8 Å². The Kier molecular flexibility index (Phi) is 5.95. The van der Waals surface area contributed by atoms with Gasteiger partial charge in [-0.25, -0.2) is 0 Å². The number of hydrogen-bond donors (Lipinski definition) is 2. The second-order valence-corrected chi connectivity index (χ2v) is 7.30. The molecule has 0 spiro atoms. The van der Waals surface area contributed by atoms with Crippen LogP contribution in [-0.4, -0.2) is 31.5 Å². The first-order valence-electron chi connectivity index (χ1n) is 7.97. The zero-order valence-corrected chi connectivity index (χ0v) is 16.4. The fourth-order valence-corrected chi connectivity index (χ4v) is 3.43. The second-order valence-electron chi connectivity index (χ2n) is 5.44. The molecule has 0 aliphatic rings. The number of rotatable bonds is 6. The Hall–Kier alpha value is -2.32. The molecule has 134 valence electrons. The molecule has 0 aliphatic carbocycles. The van der Waals surface area contributed by atoms with Crippen molar-refractivity contribution in [1.29, 1.82) is 0 Å². The van der Waals surface area contributed by atoms with Crippen molar-refractivity contribution in [1.82, 2.24) is 14.8 Å². The quantitative estimate of drug-likeness (QED) is 0.571. The van der Waals surface area contributed by atoms with Gasteiger partial charge in [0.1, 0.15) is 5.75 Å². The Labute approximate surface area is 163 Å². The summed E-state index contributed by atoms with van der Waals surface area (Å²) in [6, 6.07) is 14.2. The topological polar surface area (TPSA) is 80.0 Å². The van der Waals surface area contributed by atoms with E-state index < -0.39 is 0 Å². The van der Waals surface area contributed by atoms with Gasteiger partial charge in [0.25, 0.3) is 0 Å². The van der Waals surface area contributed by atoms with Crippen LogP contribution in [0.25, 0.3) is 11.4 Å². The lowest BCUT2D eigenvalue weighted by molar-refractivity contribution is -0.113. The summed E-state index contributed by atoms with van der Waals surface area (Å²) >= 11 is 4.71. The number of benzene rings is 2. The highest BCUT2D eigenvalue weighted by molar-refractivity contribution is 9.10. The summed E-state index contributed by atoms with van der Waals surface area (Å²) in [5.74, 6) is 1.05. The molecule has 0 saturated carbocycles. The molecule has 0 saturated heterocycles. The van der Waals surface area contributed by atoms with E-state index >= 15 is 0 Å². The zero-order valence-electron chi connectivity index (χ0n) is 14.0. The Morgan fingerprint density at radius 2 is 1.85 bits per heavy atom. The van der Waals surface area contributed by atoms with Crippen LogP contribution in [-0.2, 0) is 11.3 Å². The molecule has 6 nitrogen and oxygen atoms in total. The number of aromatic nitrogens is 3. The van der Waals surface area contributed by atoms with E-state index in [-0.39, 0.29) is 17.4 Å². The average molecular weight is 433 g/mol. The highest BCUT2D eigenvalue weighted by atomic mass is 79.9. The number of nitrogens with zero attached hydrogens (tertiary/aromatic N) is 3. The molecule has 0 aliphatic heterocycles. The van der Waals surface area contributed by atoms with Gasteiger partial charge in [-0.3, -0.25) is 4.79 Å². The van der Waals surface area contributed by atoms with Gasteiger partial charge in [0.15, 0.2) is 11.0 Å². The minimum atomic E-state index is -0.103. The molecule has 26 heavy (non-hydrogen) atoms. The number of nitrogens with one attached hydrogen (secondary N) is 1. The molecule has 0 radical (unpaired) electrons. The highest BCUT2D eigenvalue weighted by Crippen LogP contribution is 2.25. The van der Waals surface area contributed by atoms with E-state index in [2.05, 4.69) is 31.4 Å². The lowest BCUT2D eigenvalue weighted by Gasteiger charge is -2.08. The Morgan fingerprint density at radius 1 is 1.15 bits per heavy atom. The van der Waals surface area contributed by atoms with Crippen LogP contribution in [0.4, 0.5) is 5.69 Å². The summed E-state index contributed by atoms with van der Waals surface area (Å²) in [6.45, 7) is 2.68. The molecule has 0 fully saturated rings. The number of halogens is 1. The molecule has 3 aromatic rings. The van der Waals surface area contributed by atoms with Crippen LogP contribution in [0.2, 0.25) is 0 Å². The number of aromatic hydroxyl groups is 1. The molecule has 2 aromatic carbocycles. The third-order valence-electron chi connectivity index (χ3n) is 3.62. The molecular formula is C18H17BrN4O2S. The number of phenolic OH excluding ortho intramolecular Hbond substituents is 1. The molecular weight excluding hydrogens is 416 g/mol. The second kappa shape index (κ2) is 8.37. The van der Waals surface area contributed by atoms with Gasteiger partial charge in [-0.2, -0.15) is 0 Å². The number of anilines is 1. The summed E-state index contributed by atoms with van der Waals surface area (Å²) in [4.78, 5) is 12.2. The summed E-state index contributed by atoms with van der Waals surface area (Å²) in [6.07, 6.45) is 0. The highest BCUT2D eigenvalue weighted by Gasteiger charge is 2.14. The first-order chi connectivity index (χ1) is 12.6. The monoisotopic (exact) mass is 432 g/mol. The van der Waals surface area contributed by atoms with Crippen LogP contribution in [0.3, 0.4) is 0 Å². The summed E-state index contributed by atoms with van der Waals surface area (Å²) in [5, 5.41) is 21.4. The van der Waals surface area contributed by atoms with Crippen molar-refractivity contribution in [3.05, 3.63) is 53.0 Å². The predicted molar refractivity (Wildman–Crippen MR) is 106 cm³/mol. The van der Waals surface area contributed by atoms with Crippen LogP contribution in [0, 0.1) is 0 Å². The van der Waals surface area contributed by atoms with E-state index in [9.17, 15) is 9.90 Å². The van der Waals surface area contributed by atoms with Gasteiger partial charge in [-0.15, -0.1) is 10.2 Å². The number of carbonyl (C=O) groups excluding carboxylic acids is 1. The number of carbonyl (C=O) groups is 1. The lowest BCUT2D eigenvalue weighted by Crippen LogP contribution is -2.14. The molecule has 1 aromatic heterocycles. The van der Waals surface area contributed by atoms with Gasteiger partial charge in [0.05, 0.1) is 5.75 Å². The molecule has 0 bridgehead atoms. The fraction of sp³-hybridized carbons (Fsp3) is 0.167. The zero-order chi connectivity index (χ0) is 18.5. The van der Waals surface area contributed by atoms with Gasteiger partial charge in [0, 0.05) is 22.3 Å². The van der Waals surface area contributed by atoms with E-state index in [0.29, 0.717) is 17.5 Å². The lowest BCUT2D eigenvalue weighted by atomic mass is 10.2. The minimum absolute atomic E-state index is 0.103. The van der Waals surface area contributed by atoms with Gasteiger partial charge in [-0.1, -0.05) is 27.7 Å². The van der Waals surface area contributed by atoms with Crippen LogP contribution in [0.15, 0.2) is 58.2 Å². The molecule has 0 unspecified atom stereocenters. The van der Waals surface area contributed by atoms with Gasteiger partial charge >= 0.3 is 0 Å². The van der Waals surface area contributed by atoms with Crippen LogP contribution >= 0.6 is 27.7 Å². The molecule has 3 rings (SSSR count). The Bertz CT molecular complexity index is 895.